The van der Waals surface area contributed by atoms with E-state index in [9.17, 15) is 9.18 Å². The number of morpholine rings is 1. The molecule has 0 N–H and O–H groups in total. The number of nitrogens with zero attached hydrogens (tertiary/aromatic N) is 2. The van der Waals surface area contributed by atoms with Crippen LogP contribution in [0.4, 0.5) is 4.39 Å². The molecule has 2 aromatic carbocycles. The van der Waals surface area contributed by atoms with Gasteiger partial charge in [0.2, 0.25) is 5.91 Å². The van der Waals surface area contributed by atoms with E-state index in [1.165, 1.54) is 6.07 Å². The fraction of sp³-hybridized carbons (Fsp3) is 0.519. The molecule has 0 aliphatic carbocycles. The van der Waals surface area contributed by atoms with Crippen molar-refractivity contribution in [1.82, 2.24) is 9.80 Å². The Hall–Kier alpha value is -2.15. The molecule has 0 radical (unpaired) electrons. The zero-order valence-corrected chi connectivity index (χ0v) is 20.9. The first-order chi connectivity index (χ1) is 16.3. The number of piperidine rings is 1. The van der Waals surface area contributed by atoms with Crippen LogP contribution < -0.4 is 4.74 Å². The molecular formula is C27H34ClFN2O3. The fourth-order valence-corrected chi connectivity index (χ4v) is 5.12. The number of benzene rings is 2. The van der Waals surface area contributed by atoms with Gasteiger partial charge in [0.15, 0.2) is 0 Å². The quantitative estimate of drug-likeness (QED) is 0.549. The summed E-state index contributed by atoms with van der Waals surface area (Å²) < 4.78 is 25.6. The SMILES string of the molecule is Cc1cc(OCC2(CC(=O)N3CCOCC3)CCCN(Cc3cc(F)ccc3C)C2)ccc1Cl. The minimum Gasteiger partial charge on any atom is -0.493 e. The van der Waals surface area contributed by atoms with Gasteiger partial charge in [0.25, 0.3) is 0 Å². The highest BCUT2D eigenvalue weighted by Gasteiger charge is 2.39. The van der Waals surface area contributed by atoms with Gasteiger partial charge < -0.3 is 14.4 Å². The smallest absolute Gasteiger partial charge is 0.223 e. The average Bonchev–Trinajstić information content (AvgIpc) is 2.83. The maximum atomic E-state index is 13.9. The van der Waals surface area contributed by atoms with Gasteiger partial charge in [-0.2, -0.15) is 0 Å². The topological polar surface area (TPSA) is 42.0 Å². The molecule has 0 aromatic heterocycles. The molecule has 2 aliphatic rings. The summed E-state index contributed by atoms with van der Waals surface area (Å²) in [5, 5.41) is 0.707. The molecule has 184 valence electrons. The van der Waals surface area contributed by atoms with Crippen LogP contribution in [-0.2, 0) is 16.1 Å². The van der Waals surface area contributed by atoms with Crippen LogP contribution in [0, 0.1) is 25.1 Å². The van der Waals surface area contributed by atoms with E-state index in [-0.39, 0.29) is 17.1 Å². The van der Waals surface area contributed by atoms with Crippen molar-refractivity contribution in [2.24, 2.45) is 5.41 Å². The van der Waals surface area contributed by atoms with E-state index in [0.29, 0.717) is 50.9 Å². The van der Waals surface area contributed by atoms with Crippen LogP contribution in [-0.4, -0.2) is 61.7 Å². The molecule has 1 atom stereocenters. The average molecular weight is 489 g/mol. The summed E-state index contributed by atoms with van der Waals surface area (Å²) in [6.07, 6.45) is 2.31. The Morgan fingerprint density at radius 3 is 2.68 bits per heavy atom. The Kier molecular flexibility index (Phi) is 8.12. The number of likely N-dealkylation sites (tertiary alicyclic amines) is 1. The van der Waals surface area contributed by atoms with Crippen LogP contribution in [0.3, 0.4) is 0 Å². The molecule has 2 heterocycles. The van der Waals surface area contributed by atoms with Crippen LogP contribution in [0.15, 0.2) is 36.4 Å². The number of carbonyl (C=O) groups is 1. The Bertz CT molecular complexity index is 1010. The molecule has 34 heavy (non-hydrogen) atoms. The largest absolute Gasteiger partial charge is 0.493 e. The number of hydrogen-bond donors (Lipinski definition) is 0. The van der Waals surface area contributed by atoms with Crippen molar-refractivity contribution in [3.05, 3.63) is 63.9 Å². The van der Waals surface area contributed by atoms with Crippen LogP contribution in [0.5, 0.6) is 5.75 Å². The van der Waals surface area contributed by atoms with Crippen molar-refractivity contribution in [2.45, 2.75) is 39.7 Å². The third kappa shape index (κ3) is 6.29. The van der Waals surface area contributed by atoms with Gasteiger partial charge in [0.05, 0.1) is 19.8 Å². The van der Waals surface area contributed by atoms with Crippen LogP contribution in [0.1, 0.15) is 36.0 Å². The molecule has 2 aromatic rings. The summed E-state index contributed by atoms with van der Waals surface area (Å²) in [6, 6.07) is 10.6. The molecule has 0 bridgehead atoms. The molecule has 2 aliphatic heterocycles. The van der Waals surface area contributed by atoms with E-state index in [0.717, 1.165) is 48.4 Å². The van der Waals surface area contributed by atoms with Gasteiger partial charge >= 0.3 is 0 Å². The van der Waals surface area contributed by atoms with E-state index >= 15 is 0 Å². The minimum atomic E-state index is -0.317. The number of hydrogen-bond acceptors (Lipinski definition) is 4. The highest BCUT2D eigenvalue weighted by Crippen LogP contribution is 2.36. The summed E-state index contributed by atoms with van der Waals surface area (Å²) in [4.78, 5) is 17.5. The molecule has 2 fully saturated rings. The van der Waals surface area contributed by atoms with Gasteiger partial charge in [-0.25, -0.2) is 4.39 Å². The van der Waals surface area contributed by atoms with Crippen molar-refractivity contribution in [3.8, 4) is 5.75 Å². The van der Waals surface area contributed by atoms with Crippen LogP contribution in [0.25, 0.3) is 0 Å². The van der Waals surface area contributed by atoms with Crippen LogP contribution in [0.2, 0.25) is 5.02 Å². The zero-order valence-electron chi connectivity index (χ0n) is 20.1. The lowest BCUT2D eigenvalue weighted by molar-refractivity contribution is -0.139. The summed E-state index contributed by atoms with van der Waals surface area (Å²) in [7, 11) is 0. The third-order valence-corrected chi connectivity index (χ3v) is 7.43. The maximum absolute atomic E-state index is 13.9. The Morgan fingerprint density at radius 1 is 1.12 bits per heavy atom. The van der Waals surface area contributed by atoms with E-state index in [2.05, 4.69) is 4.90 Å². The Labute approximate surface area is 206 Å². The first-order valence-electron chi connectivity index (χ1n) is 12.1. The Balaban J connectivity index is 1.52. The van der Waals surface area contributed by atoms with Gasteiger partial charge in [0, 0.05) is 43.0 Å². The highest BCUT2D eigenvalue weighted by molar-refractivity contribution is 6.31. The number of carbonyl (C=O) groups excluding carboxylic acids is 1. The molecule has 0 spiro atoms. The summed E-state index contributed by atoms with van der Waals surface area (Å²) in [5.41, 5.74) is 2.71. The number of ether oxygens (including phenoxy) is 2. The number of amides is 1. The van der Waals surface area contributed by atoms with Gasteiger partial charge in [-0.3, -0.25) is 9.69 Å². The van der Waals surface area contributed by atoms with Crippen molar-refractivity contribution < 1.29 is 18.7 Å². The van der Waals surface area contributed by atoms with Crippen molar-refractivity contribution in [2.75, 3.05) is 46.0 Å². The predicted molar refractivity (Wildman–Crippen MR) is 132 cm³/mol. The second kappa shape index (κ2) is 11.1. The summed E-state index contributed by atoms with van der Waals surface area (Å²) in [5.74, 6) is 0.703. The number of halogens is 2. The Morgan fingerprint density at radius 2 is 1.91 bits per heavy atom. The second-order valence-electron chi connectivity index (χ2n) is 9.75. The maximum Gasteiger partial charge on any atom is 0.223 e. The number of rotatable bonds is 7. The highest BCUT2D eigenvalue weighted by atomic mass is 35.5. The second-order valence-corrected chi connectivity index (χ2v) is 10.2. The van der Waals surface area contributed by atoms with Gasteiger partial charge in [-0.15, -0.1) is 0 Å². The first kappa shape index (κ1) is 25.0. The van der Waals surface area contributed by atoms with E-state index in [4.69, 9.17) is 21.1 Å². The van der Waals surface area contributed by atoms with Crippen molar-refractivity contribution in [3.63, 3.8) is 0 Å². The van der Waals surface area contributed by atoms with Gasteiger partial charge in [-0.1, -0.05) is 17.7 Å². The first-order valence-corrected chi connectivity index (χ1v) is 12.4. The minimum absolute atomic E-state index is 0.156. The molecular weight excluding hydrogens is 455 g/mol. The lowest BCUT2D eigenvalue weighted by Gasteiger charge is -2.43. The van der Waals surface area contributed by atoms with E-state index < -0.39 is 0 Å². The molecule has 1 amide bonds. The third-order valence-electron chi connectivity index (χ3n) is 7.01. The molecule has 2 saturated heterocycles. The molecule has 1 unspecified atom stereocenters. The molecule has 5 nitrogen and oxygen atoms in total. The van der Waals surface area contributed by atoms with E-state index in [1.54, 1.807) is 6.07 Å². The lowest BCUT2D eigenvalue weighted by Crippen LogP contribution is -2.50. The zero-order chi connectivity index (χ0) is 24.1. The predicted octanol–water partition coefficient (Wildman–Crippen LogP) is 5.01. The molecule has 0 saturated carbocycles. The van der Waals surface area contributed by atoms with Crippen molar-refractivity contribution >= 4 is 17.5 Å². The van der Waals surface area contributed by atoms with Crippen LogP contribution >= 0.6 is 11.6 Å². The standard InChI is InChI=1S/C27H34ClFN2O3/c1-20-4-5-23(29)15-22(20)17-30-9-3-8-27(18-30,16-26(32)31-10-12-33-13-11-31)19-34-24-6-7-25(28)21(2)14-24/h4-7,14-15H,3,8-13,16-19H2,1-2H3. The van der Waals surface area contributed by atoms with Crippen molar-refractivity contribution in [1.29, 1.82) is 0 Å². The van der Waals surface area contributed by atoms with Gasteiger partial charge in [-0.05, 0) is 80.3 Å². The molecule has 7 heteroatoms. The lowest BCUT2D eigenvalue weighted by atomic mass is 9.77. The summed E-state index contributed by atoms with van der Waals surface area (Å²) >= 11 is 6.18. The normalized spacial score (nSPS) is 21.5. The van der Waals surface area contributed by atoms with E-state index in [1.807, 2.05) is 43.0 Å². The van der Waals surface area contributed by atoms with Gasteiger partial charge in [0.1, 0.15) is 11.6 Å². The fourth-order valence-electron chi connectivity index (χ4n) is 5.00. The number of aryl methyl sites for hydroxylation is 2. The monoisotopic (exact) mass is 488 g/mol. The molecule has 4 rings (SSSR count). The summed E-state index contributed by atoms with van der Waals surface area (Å²) in [6.45, 7) is 9.18.